The monoisotopic (exact) mass is 488 g/mol. The predicted octanol–water partition coefficient (Wildman–Crippen LogP) is 1.11. The third-order valence-electron chi connectivity index (χ3n) is 4.88. The minimum absolute atomic E-state index is 0. The maximum absolute atomic E-state index is 12.6. The van der Waals surface area contributed by atoms with Crippen LogP contribution in [-0.2, 0) is 27.2 Å². The summed E-state index contributed by atoms with van der Waals surface area (Å²) in [6, 6.07) is 8.33. The molecule has 0 bridgehead atoms. The van der Waals surface area contributed by atoms with E-state index in [1.54, 1.807) is 14.2 Å². The number of hydrogen-bond acceptors (Lipinski definition) is 4. The second kappa shape index (κ2) is 10.8. The number of fused-ring (bicyclic) bond motifs is 1. The smallest absolute Gasteiger partial charge is 0.242 e. The fourth-order valence-electron chi connectivity index (χ4n) is 3.51. The van der Waals surface area contributed by atoms with Crippen molar-refractivity contribution < 1.29 is 14.3 Å². The quantitative estimate of drug-likeness (QED) is 0.391. The number of rotatable bonds is 4. The first-order valence-corrected chi connectivity index (χ1v) is 9.12. The van der Waals surface area contributed by atoms with Gasteiger partial charge in [-0.2, -0.15) is 0 Å². The third kappa shape index (κ3) is 5.79. The molecule has 0 aliphatic carbocycles. The molecule has 1 unspecified atom stereocenters. The molecule has 3 rings (SSSR count). The first-order valence-electron chi connectivity index (χ1n) is 9.12. The van der Waals surface area contributed by atoms with Gasteiger partial charge in [0.05, 0.1) is 25.9 Å². The van der Waals surface area contributed by atoms with Gasteiger partial charge >= 0.3 is 0 Å². The van der Waals surface area contributed by atoms with Gasteiger partial charge in [-0.05, 0) is 17.5 Å². The van der Waals surface area contributed by atoms with Crippen LogP contribution < -0.4 is 5.32 Å². The van der Waals surface area contributed by atoms with E-state index in [0.717, 1.165) is 25.5 Å². The van der Waals surface area contributed by atoms with Gasteiger partial charge < -0.3 is 24.6 Å². The van der Waals surface area contributed by atoms with Crippen LogP contribution in [0.5, 0.6) is 0 Å². The average Bonchev–Trinajstić information content (AvgIpc) is 2.68. The molecule has 1 N–H and O–H groups in total. The van der Waals surface area contributed by atoms with Crippen LogP contribution in [0, 0.1) is 0 Å². The van der Waals surface area contributed by atoms with Gasteiger partial charge in [0.1, 0.15) is 0 Å². The Morgan fingerprint density at radius 2 is 2.07 bits per heavy atom. The molecule has 2 aliphatic rings. The van der Waals surface area contributed by atoms with Gasteiger partial charge in [0, 0.05) is 40.3 Å². The Morgan fingerprint density at radius 1 is 1.30 bits per heavy atom. The molecule has 8 heteroatoms. The number of morpholine rings is 1. The number of nitrogens with zero attached hydrogens (tertiary/aromatic N) is 3. The summed E-state index contributed by atoms with van der Waals surface area (Å²) in [6.07, 6.45) is 0.945. The topological polar surface area (TPSA) is 66.4 Å². The summed E-state index contributed by atoms with van der Waals surface area (Å²) in [7, 11) is 3.41. The number of halogens is 1. The Kier molecular flexibility index (Phi) is 8.78. The largest absolute Gasteiger partial charge is 0.382 e. The highest BCUT2D eigenvalue weighted by molar-refractivity contribution is 14.0. The van der Waals surface area contributed by atoms with Gasteiger partial charge in [0.15, 0.2) is 5.96 Å². The van der Waals surface area contributed by atoms with Crippen molar-refractivity contribution in [2.45, 2.75) is 19.1 Å². The third-order valence-corrected chi connectivity index (χ3v) is 4.88. The first-order chi connectivity index (χ1) is 12.7. The number of nitrogens with one attached hydrogen (secondary N) is 1. The summed E-state index contributed by atoms with van der Waals surface area (Å²) in [6.45, 7) is 4.35. The normalized spacial score (nSPS) is 19.9. The SMILES string of the molecule is CN=C(NCC(=O)N1CCc2ccccc2C1)N1CCOC(COC)C1.I. The van der Waals surface area contributed by atoms with E-state index in [0.29, 0.717) is 26.3 Å². The lowest BCUT2D eigenvalue weighted by Crippen LogP contribution is -2.53. The van der Waals surface area contributed by atoms with Crippen LogP contribution in [0.3, 0.4) is 0 Å². The number of carbonyl (C=O) groups is 1. The van der Waals surface area contributed by atoms with Gasteiger partial charge in [0.25, 0.3) is 0 Å². The van der Waals surface area contributed by atoms with Crippen LogP contribution in [0.15, 0.2) is 29.3 Å². The maximum Gasteiger partial charge on any atom is 0.242 e. The lowest BCUT2D eigenvalue weighted by molar-refractivity contribution is -0.130. The summed E-state index contributed by atoms with van der Waals surface area (Å²) in [4.78, 5) is 21.0. The molecular formula is C19H29IN4O3. The van der Waals surface area contributed by atoms with Crippen LogP contribution in [0.4, 0.5) is 0 Å². The Balaban J connectivity index is 0.00000261. The number of hydrogen-bond donors (Lipinski definition) is 1. The van der Waals surface area contributed by atoms with Crippen molar-refractivity contribution in [1.29, 1.82) is 0 Å². The van der Waals surface area contributed by atoms with Crippen molar-refractivity contribution in [3.63, 3.8) is 0 Å². The molecule has 1 saturated heterocycles. The number of amides is 1. The van der Waals surface area contributed by atoms with Gasteiger partial charge in [-0.1, -0.05) is 24.3 Å². The van der Waals surface area contributed by atoms with Crippen LogP contribution in [-0.4, -0.2) is 81.3 Å². The maximum atomic E-state index is 12.6. The molecule has 0 aromatic heterocycles. The summed E-state index contributed by atoms with van der Waals surface area (Å²) in [5.74, 6) is 0.836. The molecule has 1 aromatic carbocycles. The second-order valence-corrected chi connectivity index (χ2v) is 6.63. The molecule has 27 heavy (non-hydrogen) atoms. The van der Waals surface area contributed by atoms with Crippen molar-refractivity contribution in [2.75, 3.05) is 53.6 Å². The van der Waals surface area contributed by atoms with Crippen LogP contribution in [0.2, 0.25) is 0 Å². The molecule has 0 spiro atoms. The van der Waals surface area contributed by atoms with E-state index in [4.69, 9.17) is 9.47 Å². The number of carbonyl (C=O) groups excluding carboxylic acids is 1. The summed E-state index contributed by atoms with van der Waals surface area (Å²) in [5.41, 5.74) is 2.59. The van der Waals surface area contributed by atoms with Crippen molar-refractivity contribution in [3.05, 3.63) is 35.4 Å². The molecule has 2 aliphatic heterocycles. The highest BCUT2D eigenvalue weighted by Crippen LogP contribution is 2.18. The lowest BCUT2D eigenvalue weighted by atomic mass is 10.00. The zero-order chi connectivity index (χ0) is 18.4. The van der Waals surface area contributed by atoms with Gasteiger partial charge in [-0.3, -0.25) is 9.79 Å². The molecule has 1 atom stereocenters. The summed E-state index contributed by atoms with van der Waals surface area (Å²) in [5, 5.41) is 3.21. The van der Waals surface area contributed by atoms with Gasteiger partial charge in [-0.15, -0.1) is 24.0 Å². The predicted molar refractivity (Wildman–Crippen MR) is 116 cm³/mol. The van der Waals surface area contributed by atoms with Crippen molar-refractivity contribution >= 4 is 35.8 Å². The molecule has 1 fully saturated rings. The molecule has 1 amide bonds. The van der Waals surface area contributed by atoms with Crippen molar-refractivity contribution in [2.24, 2.45) is 4.99 Å². The van der Waals surface area contributed by atoms with E-state index in [1.165, 1.54) is 11.1 Å². The molecule has 0 radical (unpaired) electrons. The van der Waals surface area contributed by atoms with E-state index >= 15 is 0 Å². The summed E-state index contributed by atoms with van der Waals surface area (Å²) < 4.78 is 10.8. The highest BCUT2D eigenvalue weighted by Gasteiger charge is 2.24. The van der Waals surface area contributed by atoms with Crippen LogP contribution in [0.1, 0.15) is 11.1 Å². The highest BCUT2D eigenvalue weighted by atomic mass is 127. The van der Waals surface area contributed by atoms with Gasteiger partial charge in [-0.25, -0.2) is 0 Å². The standard InChI is InChI=1S/C19H28N4O3.HI/c1-20-19(23-9-10-26-17(13-23)14-25-2)21-11-18(24)22-8-7-15-5-3-4-6-16(15)12-22;/h3-6,17H,7-14H2,1-2H3,(H,20,21);1H. The van der Waals surface area contributed by atoms with Crippen LogP contribution >= 0.6 is 24.0 Å². The number of methoxy groups -OCH3 is 1. The number of ether oxygens (including phenoxy) is 2. The minimum atomic E-state index is 0. The fraction of sp³-hybridized carbons (Fsp3) is 0.579. The van der Waals surface area contributed by atoms with E-state index in [1.807, 2.05) is 11.0 Å². The Bertz CT molecular complexity index is 654. The van der Waals surface area contributed by atoms with Gasteiger partial charge in [0.2, 0.25) is 5.91 Å². The number of benzene rings is 1. The Labute approximate surface area is 178 Å². The van der Waals surface area contributed by atoms with E-state index in [2.05, 4.69) is 33.4 Å². The zero-order valence-electron chi connectivity index (χ0n) is 16.0. The summed E-state index contributed by atoms with van der Waals surface area (Å²) >= 11 is 0. The average molecular weight is 488 g/mol. The lowest BCUT2D eigenvalue weighted by Gasteiger charge is -2.35. The molecule has 0 saturated carbocycles. The molecule has 7 nitrogen and oxygen atoms in total. The van der Waals surface area contributed by atoms with E-state index < -0.39 is 0 Å². The second-order valence-electron chi connectivity index (χ2n) is 6.63. The number of guanidine groups is 1. The first kappa shape index (κ1) is 21.9. The van der Waals surface area contributed by atoms with E-state index in [9.17, 15) is 4.79 Å². The Morgan fingerprint density at radius 3 is 2.81 bits per heavy atom. The number of aliphatic imine (C=N–C) groups is 1. The Hall–Kier alpha value is -1.39. The van der Waals surface area contributed by atoms with E-state index in [-0.39, 0.29) is 42.5 Å². The molecule has 2 heterocycles. The molecule has 1 aromatic rings. The fourth-order valence-corrected chi connectivity index (χ4v) is 3.51. The van der Waals surface area contributed by atoms with Crippen LogP contribution in [0.25, 0.3) is 0 Å². The zero-order valence-corrected chi connectivity index (χ0v) is 18.3. The molecular weight excluding hydrogens is 459 g/mol. The minimum Gasteiger partial charge on any atom is -0.382 e. The van der Waals surface area contributed by atoms with Crippen molar-refractivity contribution in [3.8, 4) is 0 Å². The van der Waals surface area contributed by atoms with Crippen molar-refractivity contribution in [1.82, 2.24) is 15.1 Å². The molecule has 150 valence electrons.